The summed E-state index contributed by atoms with van der Waals surface area (Å²) in [5.41, 5.74) is 0. The normalized spacial score (nSPS) is 17.1. The number of aliphatic hydroxyl groups excluding tert-OH is 1. The van der Waals surface area contributed by atoms with Crippen molar-refractivity contribution in [1.82, 2.24) is 4.90 Å². The van der Waals surface area contributed by atoms with Gasteiger partial charge in [-0.05, 0) is 32.1 Å². The number of rotatable bonds is 5. The van der Waals surface area contributed by atoms with E-state index in [0.29, 0.717) is 12.3 Å². The molecule has 0 aromatic heterocycles. The Morgan fingerprint density at radius 3 is 2.43 bits per heavy atom. The van der Waals surface area contributed by atoms with Gasteiger partial charge in [0, 0.05) is 26.1 Å². The average Bonchev–Trinajstić information content (AvgIpc) is 2.25. The fourth-order valence-electron chi connectivity index (χ4n) is 1.87. The average molecular weight is 199 g/mol. The highest BCUT2D eigenvalue weighted by Gasteiger charge is 2.15. The van der Waals surface area contributed by atoms with Crippen LogP contribution in [0.3, 0.4) is 0 Å². The summed E-state index contributed by atoms with van der Waals surface area (Å²) in [5.74, 6) is 0.308. The van der Waals surface area contributed by atoms with Gasteiger partial charge >= 0.3 is 0 Å². The Morgan fingerprint density at radius 1 is 1.07 bits per heavy atom. The van der Waals surface area contributed by atoms with Crippen molar-refractivity contribution >= 4 is 5.91 Å². The first-order valence-corrected chi connectivity index (χ1v) is 5.73. The van der Waals surface area contributed by atoms with Crippen molar-refractivity contribution in [1.29, 1.82) is 0 Å². The van der Waals surface area contributed by atoms with Crippen LogP contribution in [0.5, 0.6) is 0 Å². The molecule has 1 aliphatic heterocycles. The Morgan fingerprint density at radius 2 is 1.79 bits per heavy atom. The number of amides is 1. The van der Waals surface area contributed by atoms with Crippen molar-refractivity contribution in [2.75, 3.05) is 19.7 Å². The minimum Gasteiger partial charge on any atom is -0.396 e. The van der Waals surface area contributed by atoms with Gasteiger partial charge in [-0.1, -0.05) is 6.42 Å². The third kappa shape index (κ3) is 4.09. The maximum absolute atomic E-state index is 11.6. The van der Waals surface area contributed by atoms with Crippen molar-refractivity contribution in [3.8, 4) is 0 Å². The molecule has 0 aromatic carbocycles. The van der Waals surface area contributed by atoms with E-state index in [1.54, 1.807) is 0 Å². The minimum atomic E-state index is 0.248. The second kappa shape index (κ2) is 6.82. The van der Waals surface area contributed by atoms with Gasteiger partial charge in [0.05, 0.1) is 0 Å². The molecule has 1 fully saturated rings. The molecule has 0 atom stereocenters. The minimum absolute atomic E-state index is 0.248. The highest BCUT2D eigenvalue weighted by atomic mass is 16.2. The SMILES string of the molecule is O=C(CCCCCO)N1CCCCC1. The van der Waals surface area contributed by atoms with Gasteiger partial charge in [-0.25, -0.2) is 0 Å². The lowest BCUT2D eigenvalue weighted by molar-refractivity contribution is -0.132. The summed E-state index contributed by atoms with van der Waals surface area (Å²) < 4.78 is 0. The van der Waals surface area contributed by atoms with Gasteiger partial charge in [0.15, 0.2) is 0 Å². The number of unbranched alkanes of at least 4 members (excludes halogenated alkanes) is 2. The van der Waals surface area contributed by atoms with Crippen LogP contribution in [0, 0.1) is 0 Å². The van der Waals surface area contributed by atoms with Crippen molar-refractivity contribution in [2.45, 2.75) is 44.9 Å². The molecule has 0 unspecified atom stereocenters. The van der Waals surface area contributed by atoms with E-state index < -0.39 is 0 Å². The molecular formula is C11H21NO2. The van der Waals surface area contributed by atoms with Crippen LogP contribution in [0.2, 0.25) is 0 Å². The van der Waals surface area contributed by atoms with Gasteiger partial charge in [-0.3, -0.25) is 4.79 Å². The smallest absolute Gasteiger partial charge is 0.222 e. The zero-order valence-corrected chi connectivity index (χ0v) is 8.87. The summed E-state index contributed by atoms with van der Waals surface area (Å²) in [6, 6.07) is 0. The van der Waals surface area contributed by atoms with Crippen LogP contribution >= 0.6 is 0 Å². The number of likely N-dealkylation sites (tertiary alicyclic amines) is 1. The Hall–Kier alpha value is -0.570. The lowest BCUT2D eigenvalue weighted by Gasteiger charge is -2.26. The standard InChI is InChI=1S/C11H21NO2/c13-10-6-1-3-7-11(14)12-8-4-2-5-9-12/h13H,1-10H2. The third-order valence-corrected chi connectivity index (χ3v) is 2.76. The highest BCUT2D eigenvalue weighted by Crippen LogP contribution is 2.11. The van der Waals surface area contributed by atoms with Crippen molar-refractivity contribution < 1.29 is 9.90 Å². The van der Waals surface area contributed by atoms with E-state index in [0.717, 1.165) is 32.4 Å². The van der Waals surface area contributed by atoms with Crippen LogP contribution in [-0.2, 0) is 4.79 Å². The van der Waals surface area contributed by atoms with Crippen LogP contribution in [0.15, 0.2) is 0 Å². The van der Waals surface area contributed by atoms with Gasteiger partial charge in [0.1, 0.15) is 0 Å². The fourth-order valence-corrected chi connectivity index (χ4v) is 1.87. The number of nitrogens with zero attached hydrogens (tertiary/aromatic N) is 1. The number of carbonyl (C=O) groups excluding carboxylic acids is 1. The summed E-state index contributed by atoms with van der Waals surface area (Å²) in [7, 11) is 0. The zero-order chi connectivity index (χ0) is 10.2. The predicted molar refractivity (Wildman–Crippen MR) is 56.0 cm³/mol. The predicted octanol–water partition coefficient (Wildman–Crippen LogP) is 1.55. The van der Waals surface area contributed by atoms with Crippen molar-refractivity contribution in [3.05, 3.63) is 0 Å². The van der Waals surface area contributed by atoms with Gasteiger partial charge in [0.2, 0.25) is 5.91 Å². The second-order valence-corrected chi connectivity index (χ2v) is 3.98. The number of hydrogen-bond donors (Lipinski definition) is 1. The van der Waals surface area contributed by atoms with E-state index in [4.69, 9.17) is 5.11 Å². The largest absolute Gasteiger partial charge is 0.396 e. The maximum atomic E-state index is 11.6. The molecule has 3 nitrogen and oxygen atoms in total. The summed E-state index contributed by atoms with van der Waals surface area (Å²) in [4.78, 5) is 13.6. The quantitative estimate of drug-likeness (QED) is 0.682. The molecule has 1 amide bonds. The Balaban J connectivity index is 2.07. The molecule has 0 saturated carbocycles. The van der Waals surface area contributed by atoms with Gasteiger partial charge < -0.3 is 10.0 Å². The Kier molecular flexibility index (Phi) is 5.60. The van der Waals surface area contributed by atoms with Crippen molar-refractivity contribution in [2.24, 2.45) is 0 Å². The molecule has 1 heterocycles. The van der Waals surface area contributed by atoms with E-state index in [1.165, 1.54) is 19.3 Å². The molecule has 3 heteroatoms. The molecule has 0 aliphatic carbocycles. The summed E-state index contributed by atoms with van der Waals surface area (Å²) in [5, 5.41) is 8.58. The molecule has 14 heavy (non-hydrogen) atoms. The first-order chi connectivity index (χ1) is 6.84. The van der Waals surface area contributed by atoms with Gasteiger partial charge in [0.25, 0.3) is 0 Å². The van der Waals surface area contributed by atoms with Gasteiger partial charge in [-0.15, -0.1) is 0 Å². The monoisotopic (exact) mass is 199 g/mol. The first-order valence-electron chi connectivity index (χ1n) is 5.73. The second-order valence-electron chi connectivity index (χ2n) is 3.98. The van der Waals surface area contributed by atoms with Crippen LogP contribution in [0.4, 0.5) is 0 Å². The maximum Gasteiger partial charge on any atom is 0.222 e. The van der Waals surface area contributed by atoms with Crippen LogP contribution in [-0.4, -0.2) is 35.6 Å². The third-order valence-electron chi connectivity index (χ3n) is 2.76. The highest BCUT2D eigenvalue weighted by molar-refractivity contribution is 5.76. The summed E-state index contributed by atoms with van der Waals surface area (Å²) in [6.07, 6.45) is 7.00. The molecule has 1 aliphatic rings. The van der Waals surface area contributed by atoms with E-state index in [2.05, 4.69) is 0 Å². The zero-order valence-electron chi connectivity index (χ0n) is 8.87. The molecule has 0 bridgehead atoms. The van der Waals surface area contributed by atoms with E-state index in [9.17, 15) is 4.79 Å². The lowest BCUT2D eigenvalue weighted by atomic mass is 10.1. The fraction of sp³-hybridized carbons (Fsp3) is 0.909. The van der Waals surface area contributed by atoms with E-state index in [-0.39, 0.29) is 6.61 Å². The Bertz CT molecular complexity index is 165. The molecule has 1 saturated heterocycles. The summed E-state index contributed by atoms with van der Waals surface area (Å²) >= 11 is 0. The first kappa shape index (κ1) is 11.5. The number of carbonyl (C=O) groups is 1. The Labute approximate surface area is 86.1 Å². The molecule has 82 valence electrons. The van der Waals surface area contributed by atoms with E-state index in [1.807, 2.05) is 4.90 Å². The van der Waals surface area contributed by atoms with Crippen LogP contribution < -0.4 is 0 Å². The number of aliphatic hydroxyl groups is 1. The summed E-state index contributed by atoms with van der Waals surface area (Å²) in [6.45, 7) is 2.16. The lowest BCUT2D eigenvalue weighted by Crippen LogP contribution is -2.35. The topological polar surface area (TPSA) is 40.5 Å². The van der Waals surface area contributed by atoms with E-state index >= 15 is 0 Å². The molecule has 0 aromatic rings. The molecular weight excluding hydrogens is 178 g/mol. The van der Waals surface area contributed by atoms with Crippen LogP contribution in [0.25, 0.3) is 0 Å². The molecule has 0 radical (unpaired) electrons. The molecule has 0 spiro atoms. The van der Waals surface area contributed by atoms with Crippen molar-refractivity contribution in [3.63, 3.8) is 0 Å². The molecule has 1 rings (SSSR count). The molecule has 1 N–H and O–H groups in total. The number of piperidine rings is 1. The van der Waals surface area contributed by atoms with Crippen LogP contribution in [0.1, 0.15) is 44.9 Å². The number of hydrogen-bond acceptors (Lipinski definition) is 2. The van der Waals surface area contributed by atoms with Gasteiger partial charge in [-0.2, -0.15) is 0 Å².